The molecule has 0 amide bonds. The van der Waals surface area contributed by atoms with Gasteiger partial charge in [-0.1, -0.05) is 26.7 Å². The minimum atomic E-state index is -2.24. The molecule has 0 bridgehead atoms. The Hall–Kier alpha value is -1.14. The number of carboxylic acid groups (broad SMARTS) is 1. The molecule has 0 radical (unpaired) electrons. The first kappa shape index (κ1) is 15.3. The summed E-state index contributed by atoms with van der Waals surface area (Å²) in [6, 6.07) is 0. The minimum absolute atomic E-state index is 0.877. The van der Waals surface area contributed by atoms with Crippen LogP contribution in [0.25, 0.3) is 0 Å². The third-order valence-electron chi connectivity index (χ3n) is 1.03. The van der Waals surface area contributed by atoms with Gasteiger partial charge in [-0.05, 0) is 0 Å². The van der Waals surface area contributed by atoms with Crippen LogP contribution in [-0.4, -0.2) is 33.7 Å². The molecule has 84 valence electrons. The van der Waals surface area contributed by atoms with Crippen LogP contribution in [0.4, 0.5) is 0 Å². The highest BCUT2D eigenvalue weighted by Crippen LogP contribution is 1.88. The average Bonchev–Trinajstić information content (AvgIpc) is 2.01. The summed E-state index contributed by atoms with van der Waals surface area (Å²) in [7, 11) is 0. The molecule has 0 aromatic carbocycles. The number of aliphatic hydroxyl groups is 2. The van der Waals surface area contributed by atoms with Crippen LogP contribution in [0.3, 0.4) is 0 Å². The van der Waals surface area contributed by atoms with E-state index in [1.165, 1.54) is 12.8 Å². The average molecular weight is 208 g/mol. The zero-order valence-electron chi connectivity index (χ0n) is 8.27. The molecule has 0 atom stereocenters. The van der Waals surface area contributed by atoms with Gasteiger partial charge in [0.2, 0.25) is 0 Å². The van der Waals surface area contributed by atoms with Crippen LogP contribution in [0.15, 0.2) is 0 Å². The molecule has 0 heterocycles. The Morgan fingerprint density at radius 1 is 1.21 bits per heavy atom. The van der Waals surface area contributed by atoms with E-state index in [0.717, 1.165) is 0 Å². The lowest BCUT2D eigenvalue weighted by Gasteiger charge is -2.02. The molecular weight excluding hydrogens is 192 g/mol. The Bertz CT molecular complexity index is 163. The van der Waals surface area contributed by atoms with E-state index in [1.807, 2.05) is 0 Å². The molecule has 0 aliphatic heterocycles. The van der Waals surface area contributed by atoms with Crippen LogP contribution in [0.1, 0.15) is 33.1 Å². The predicted molar refractivity (Wildman–Crippen MR) is 47.2 cm³/mol. The molecule has 6 heteroatoms. The van der Waals surface area contributed by atoms with E-state index in [4.69, 9.17) is 15.3 Å². The van der Waals surface area contributed by atoms with Crippen molar-refractivity contribution in [2.45, 2.75) is 39.6 Å². The summed E-state index contributed by atoms with van der Waals surface area (Å²) >= 11 is 0. The van der Waals surface area contributed by atoms with Gasteiger partial charge < -0.3 is 20.1 Å². The standard InChI is InChI=1S/C4H6O6.C4H10/c5-2(6)1-3(7)10-4(8)9;1-3-4-2/h4,8-9H,1H2,(H,5,6);3-4H2,1-2H3. The van der Waals surface area contributed by atoms with E-state index in [1.54, 1.807) is 0 Å². The Morgan fingerprint density at radius 3 is 1.86 bits per heavy atom. The second-order valence-electron chi connectivity index (χ2n) is 2.39. The summed E-state index contributed by atoms with van der Waals surface area (Å²) in [4.78, 5) is 19.9. The van der Waals surface area contributed by atoms with Gasteiger partial charge in [-0.3, -0.25) is 9.59 Å². The Morgan fingerprint density at radius 2 is 1.64 bits per heavy atom. The van der Waals surface area contributed by atoms with Crippen LogP contribution < -0.4 is 0 Å². The number of hydrogen-bond acceptors (Lipinski definition) is 5. The number of ether oxygens (including phenoxy) is 1. The summed E-state index contributed by atoms with van der Waals surface area (Å²) in [6.07, 6.45) is 1.76. The lowest BCUT2D eigenvalue weighted by Crippen LogP contribution is -2.18. The second kappa shape index (κ2) is 9.94. The molecule has 0 aliphatic rings. The number of rotatable bonds is 4. The minimum Gasteiger partial charge on any atom is -0.481 e. The van der Waals surface area contributed by atoms with Crippen molar-refractivity contribution in [1.29, 1.82) is 0 Å². The third-order valence-corrected chi connectivity index (χ3v) is 1.03. The Balaban J connectivity index is 0. The van der Waals surface area contributed by atoms with Crippen LogP contribution in [0.5, 0.6) is 0 Å². The molecule has 14 heavy (non-hydrogen) atoms. The van der Waals surface area contributed by atoms with Crippen LogP contribution in [0.2, 0.25) is 0 Å². The van der Waals surface area contributed by atoms with E-state index in [9.17, 15) is 9.59 Å². The molecule has 6 nitrogen and oxygen atoms in total. The molecule has 0 unspecified atom stereocenters. The van der Waals surface area contributed by atoms with Gasteiger partial charge in [0.15, 0.2) is 0 Å². The number of aliphatic carboxylic acids is 1. The fraction of sp³-hybridized carbons (Fsp3) is 0.750. The quantitative estimate of drug-likeness (QED) is 0.343. The van der Waals surface area contributed by atoms with Gasteiger partial charge in [0.25, 0.3) is 0 Å². The molecule has 0 spiro atoms. The zero-order valence-corrected chi connectivity index (χ0v) is 8.27. The van der Waals surface area contributed by atoms with Crippen molar-refractivity contribution in [1.82, 2.24) is 0 Å². The third kappa shape index (κ3) is 17.1. The van der Waals surface area contributed by atoms with E-state index in [2.05, 4.69) is 18.6 Å². The van der Waals surface area contributed by atoms with Gasteiger partial charge >= 0.3 is 18.4 Å². The Kier molecular flexibility index (Phi) is 10.9. The normalized spacial score (nSPS) is 8.93. The molecular formula is C8H16O6. The van der Waals surface area contributed by atoms with Crippen LogP contribution in [0, 0.1) is 0 Å². The summed E-state index contributed by atoms with van der Waals surface area (Å²) < 4.78 is 3.65. The van der Waals surface area contributed by atoms with E-state index < -0.39 is 24.8 Å². The van der Waals surface area contributed by atoms with Crippen LogP contribution in [-0.2, 0) is 14.3 Å². The van der Waals surface area contributed by atoms with Crippen molar-refractivity contribution in [2.75, 3.05) is 0 Å². The molecule has 0 rings (SSSR count). The largest absolute Gasteiger partial charge is 0.481 e. The SMILES string of the molecule is CCCC.O=C(O)CC(=O)OC(O)O. The highest BCUT2D eigenvalue weighted by atomic mass is 16.7. The fourth-order valence-corrected chi connectivity index (χ4v) is 0.283. The first-order chi connectivity index (χ1) is 6.43. The van der Waals surface area contributed by atoms with E-state index >= 15 is 0 Å². The van der Waals surface area contributed by atoms with Crippen molar-refractivity contribution in [3.8, 4) is 0 Å². The molecule has 3 N–H and O–H groups in total. The van der Waals surface area contributed by atoms with Gasteiger partial charge in [-0.15, -0.1) is 0 Å². The van der Waals surface area contributed by atoms with Crippen LogP contribution >= 0.6 is 0 Å². The second-order valence-corrected chi connectivity index (χ2v) is 2.39. The van der Waals surface area contributed by atoms with E-state index in [-0.39, 0.29) is 0 Å². The smallest absolute Gasteiger partial charge is 0.321 e. The summed E-state index contributed by atoms with van der Waals surface area (Å²) in [5.41, 5.74) is 0. The summed E-state index contributed by atoms with van der Waals surface area (Å²) in [5.74, 6) is -2.58. The maximum atomic E-state index is 10.1. The molecule has 0 fully saturated rings. The highest BCUT2D eigenvalue weighted by Gasteiger charge is 2.11. The molecule has 0 aliphatic carbocycles. The van der Waals surface area contributed by atoms with Gasteiger partial charge in [-0.25, -0.2) is 0 Å². The zero-order chi connectivity index (χ0) is 11.6. The number of unbranched alkanes of at least 4 members (excludes halogenated alkanes) is 1. The lowest BCUT2D eigenvalue weighted by atomic mass is 10.4. The molecule has 0 saturated heterocycles. The Labute approximate surface area is 82.1 Å². The number of carboxylic acids is 1. The van der Waals surface area contributed by atoms with E-state index in [0.29, 0.717) is 0 Å². The fourth-order valence-electron chi connectivity index (χ4n) is 0.283. The topological polar surface area (TPSA) is 104 Å². The van der Waals surface area contributed by atoms with Gasteiger partial charge in [0, 0.05) is 0 Å². The van der Waals surface area contributed by atoms with Crippen molar-refractivity contribution >= 4 is 11.9 Å². The monoisotopic (exact) mass is 208 g/mol. The maximum absolute atomic E-state index is 10.1. The summed E-state index contributed by atoms with van der Waals surface area (Å²) in [6.45, 7) is 2.12. The van der Waals surface area contributed by atoms with Crippen molar-refractivity contribution in [3.63, 3.8) is 0 Å². The first-order valence-corrected chi connectivity index (χ1v) is 4.21. The number of carbonyl (C=O) groups excluding carboxylic acids is 1. The predicted octanol–water partition coefficient (Wildman–Crippen LogP) is 0.0789. The number of esters is 1. The highest BCUT2D eigenvalue weighted by molar-refractivity contribution is 5.90. The first-order valence-electron chi connectivity index (χ1n) is 4.21. The van der Waals surface area contributed by atoms with Crippen molar-refractivity contribution < 1.29 is 29.6 Å². The van der Waals surface area contributed by atoms with Gasteiger partial charge in [0.1, 0.15) is 6.42 Å². The lowest BCUT2D eigenvalue weighted by molar-refractivity contribution is -0.229. The van der Waals surface area contributed by atoms with Crippen molar-refractivity contribution in [2.24, 2.45) is 0 Å². The van der Waals surface area contributed by atoms with Gasteiger partial charge in [-0.2, -0.15) is 0 Å². The summed E-state index contributed by atoms with van der Waals surface area (Å²) in [5, 5.41) is 23.8. The molecule has 0 aromatic heterocycles. The molecule has 0 aromatic rings. The maximum Gasteiger partial charge on any atom is 0.321 e. The van der Waals surface area contributed by atoms with Crippen molar-refractivity contribution in [3.05, 3.63) is 0 Å². The van der Waals surface area contributed by atoms with Gasteiger partial charge in [0.05, 0.1) is 0 Å². The number of hydrogen-bond donors (Lipinski definition) is 3. The number of carbonyl (C=O) groups is 2. The molecule has 0 saturated carbocycles. The number of aliphatic hydroxyl groups excluding tert-OH is 1.